The van der Waals surface area contributed by atoms with Gasteiger partial charge in [0.15, 0.2) is 9.84 Å². The van der Waals surface area contributed by atoms with Crippen molar-refractivity contribution in [2.24, 2.45) is 11.8 Å². The first-order valence-corrected chi connectivity index (χ1v) is 9.23. The number of nitrogens with one attached hydrogen (secondary N) is 1. The highest BCUT2D eigenvalue weighted by Gasteiger charge is 2.21. The van der Waals surface area contributed by atoms with Crippen molar-refractivity contribution in [1.82, 2.24) is 5.32 Å². The second-order valence-corrected chi connectivity index (χ2v) is 8.11. The van der Waals surface area contributed by atoms with Gasteiger partial charge in [0.1, 0.15) is 0 Å². The number of carboxylic acids is 1. The third-order valence-corrected chi connectivity index (χ3v) is 4.70. The van der Waals surface area contributed by atoms with Gasteiger partial charge in [-0.25, -0.2) is 8.42 Å². The number of sulfone groups is 1. The fraction of sp³-hybridized carbons (Fsp3) is 0.500. The molecular formula is C16H23NO5S. The van der Waals surface area contributed by atoms with Crippen LogP contribution in [0.4, 0.5) is 0 Å². The Hall–Kier alpha value is -1.89. The molecule has 0 aromatic heterocycles. The highest BCUT2D eigenvalue weighted by molar-refractivity contribution is 7.90. The van der Waals surface area contributed by atoms with Gasteiger partial charge in [0.2, 0.25) is 0 Å². The van der Waals surface area contributed by atoms with Crippen LogP contribution in [0.25, 0.3) is 0 Å². The molecule has 0 radical (unpaired) electrons. The van der Waals surface area contributed by atoms with E-state index in [1.54, 1.807) is 13.0 Å². The summed E-state index contributed by atoms with van der Waals surface area (Å²) < 4.78 is 23.4. The average molecular weight is 341 g/mol. The average Bonchev–Trinajstić information content (AvgIpc) is 2.41. The lowest BCUT2D eigenvalue weighted by Gasteiger charge is -2.15. The Bertz CT molecular complexity index is 694. The normalized spacial score (nSPS) is 12.9. The van der Waals surface area contributed by atoms with Crippen molar-refractivity contribution in [3.05, 3.63) is 29.3 Å². The molecule has 6 nitrogen and oxygen atoms in total. The first kappa shape index (κ1) is 19.2. The van der Waals surface area contributed by atoms with E-state index < -0.39 is 27.6 Å². The van der Waals surface area contributed by atoms with Crippen LogP contribution in [-0.2, 0) is 14.6 Å². The summed E-state index contributed by atoms with van der Waals surface area (Å²) in [6.07, 6.45) is 1.54. The zero-order valence-corrected chi connectivity index (χ0v) is 14.6. The lowest BCUT2D eigenvalue weighted by atomic mass is 9.97. The van der Waals surface area contributed by atoms with Gasteiger partial charge in [-0.2, -0.15) is 0 Å². The Morgan fingerprint density at radius 3 is 2.35 bits per heavy atom. The minimum atomic E-state index is -3.42. The van der Waals surface area contributed by atoms with Crippen LogP contribution in [0.1, 0.15) is 36.2 Å². The van der Waals surface area contributed by atoms with Crippen LogP contribution in [0.5, 0.6) is 0 Å². The number of carbonyl (C=O) groups excluding carboxylic acids is 1. The highest BCUT2D eigenvalue weighted by atomic mass is 32.2. The van der Waals surface area contributed by atoms with Crippen molar-refractivity contribution in [3.8, 4) is 0 Å². The predicted molar refractivity (Wildman–Crippen MR) is 87.2 cm³/mol. The van der Waals surface area contributed by atoms with Gasteiger partial charge >= 0.3 is 5.97 Å². The lowest BCUT2D eigenvalue weighted by Crippen LogP contribution is -2.33. The maximum Gasteiger partial charge on any atom is 0.308 e. The first-order chi connectivity index (χ1) is 10.5. The van der Waals surface area contributed by atoms with Gasteiger partial charge < -0.3 is 10.4 Å². The fourth-order valence-electron chi connectivity index (χ4n) is 2.30. The number of benzene rings is 1. The minimum Gasteiger partial charge on any atom is -0.481 e. The van der Waals surface area contributed by atoms with Crippen molar-refractivity contribution in [3.63, 3.8) is 0 Å². The third kappa shape index (κ3) is 5.67. The molecule has 0 aliphatic carbocycles. The summed E-state index contributed by atoms with van der Waals surface area (Å²) >= 11 is 0. The largest absolute Gasteiger partial charge is 0.481 e. The monoisotopic (exact) mass is 341 g/mol. The molecule has 1 atom stereocenters. The topological polar surface area (TPSA) is 101 Å². The van der Waals surface area contributed by atoms with Crippen LogP contribution in [0, 0.1) is 18.8 Å². The van der Waals surface area contributed by atoms with E-state index in [-0.39, 0.29) is 22.9 Å². The molecule has 0 spiro atoms. The van der Waals surface area contributed by atoms with Gasteiger partial charge in [-0.1, -0.05) is 19.9 Å². The van der Waals surface area contributed by atoms with Crippen LogP contribution in [-0.4, -0.2) is 38.2 Å². The summed E-state index contributed by atoms with van der Waals surface area (Å²) in [6, 6.07) is 4.41. The van der Waals surface area contributed by atoms with Crippen LogP contribution in [0.15, 0.2) is 23.1 Å². The zero-order chi connectivity index (χ0) is 17.8. The van der Waals surface area contributed by atoms with Gasteiger partial charge in [0, 0.05) is 18.4 Å². The van der Waals surface area contributed by atoms with E-state index in [9.17, 15) is 18.0 Å². The second-order valence-electron chi connectivity index (χ2n) is 6.13. The smallest absolute Gasteiger partial charge is 0.308 e. The summed E-state index contributed by atoms with van der Waals surface area (Å²) in [5.41, 5.74) is 0.761. The molecule has 1 unspecified atom stereocenters. The molecule has 128 valence electrons. The Labute approximate surface area is 136 Å². The predicted octanol–water partition coefficient (Wildman–Crippen LogP) is 1.88. The van der Waals surface area contributed by atoms with Crippen molar-refractivity contribution in [2.75, 3.05) is 12.8 Å². The summed E-state index contributed by atoms with van der Waals surface area (Å²) in [6.45, 7) is 5.49. The van der Waals surface area contributed by atoms with Crippen molar-refractivity contribution >= 4 is 21.7 Å². The molecule has 0 aliphatic heterocycles. The molecule has 1 aromatic rings. The van der Waals surface area contributed by atoms with Gasteiger partial charge in [0.25, 0.3) is 5.91 Å². The number of amides is 1. The molecule has 1 aromatic carbocycles. The quantitative estimate of drug-likeness (QED) is 0.788. The van der Waals surface area contributed by atoms with Crippen LogP contribution >= 0.6 is 0 Å². The maximum atomic E-state index is 12.1. The van der Waals surface area contributed by atoms with E-state index in [1.807, 2.05) is 13.8 Å². The zero-order valence-electron chi connectivity index (χ0n) is 13.8. The van der Waals surface area contributed by atoms with Crippen LogP contribution in [0.3, 0.4) is 0 Å². The molecule has 7 heteroatoms. The maximum absolute atomic E-state index is 12.1. The molecule has 23 heavy (non-hydrogen) atoms. The molecule has 0 bridgehead atoms. The molecule has 0 aliphatic rings. The van der Waals surface area contributed by atoms with Crippen molar-refractivity contribution in [2.45, 2.75) is 32.1 Å². The molecule has 1 amide bonds. The van der Waals surface area contributed by atoms with Gasteiger partial charge in [0.05, 0.1) is 10.8 Å². The van der Waals surface area contributed by atoms with Crippen LogP contribution < -0.4 is 5.32 Å². The Kier molecular flexibility index (Phi) is 6.32. The third-order valence-electron chi connectivity index (χ3n) is 3.46. The van der Waals surface area contributed by atoms with Crippen molar-refractivity contribution < 1.29 is 23.1 Å². The molecule has 0 saturated heterocycles. The number of carbonyl (C=O) groups is 2. The van der Waals surface area contributed by atoms with Gasteiger partial charge in [-0.15, -0.1) is 0 Å². The van der Waals surface area contributed by atoms with E-state index in [1.165, 1.54) is 12.1 Å². The first-order valence-electron chi connectivity index (χ1n) is 7.34. The van der Waals surface area contributed by atoms with E-state index in [0.29, 0.717) is 12.0 Å². The van der Waals surface area contributed by atoms with E-state index in [4.69, 9.17) is 5.11 Å². The highest BCUT2D eigenvalue weighted by Crippen LogP contribution is 2.17. The number of carboxylic acid groups (broad SMARTS) is 1. The van der Waals surface area contributed by atoms with E-state index in [2.05, 4.69) is 5.32 Å². The van der Waals surface area contributed by atoms with E-state index in [0.717, 1.165) is 6.26 Å². The van der Waals surface area contributed by atoms with Gasteiger partial charge in [-0.05, 0) is 37.0 Å². The fourth-order valence-corrected chi connectivity index (χ4v) is 3.29. The molecule has 0 heterocycles. The Balaban J connectivity index is 2.88. The van der Waals surface area contributed by atoms with E-state index >= 15 is 0 Å². The number of aliphatic carboxylic acids is 1. The second kappa shape index (κ2) is 7.59. The molecular weight excluding hydrogens is 318 g/mol. The summed E-state index contributed by atoms with van der Waals surface area (Å²) in [5.74, 6) is -1.91. The summed E-state index contributed by atoms with van der Waals surface area (Å²) in [7, 11) is -3.42. The van der Waals surface area contributed by atoms with Crippen LogP contribution in [0.2, 0.25) is 0 Å². The summed E-state index contributed by atoms with van der Waals surface area (Å²) in [5, 5.41) is 11.7. The lowest BCUT2D eigenvalue weighted by molar-refractivity contribution is -0.142. The summed E-state index contributed by atoms with van der Waals surface area (Å²) in [4.78, 5) is 23.4. The molecule has 2 N–H and O–H groups in total. The number of rotatable bonds is 7. The SMILES string of the molecule is Cc1ccc(C(=O)NCC(CC(C)C)C(=O)O)cc1S(C)(=O)=O. The molecule has 0 saturated carbocycles. The number of aryl methyl sites for hydroxylation is 1. The van der Waals surface area contributed by atoms with Crippen molar-refractivity contribution in [1.29, 1.82) is 0 Å². The van der Waals surface area contributed by atoms with Gasteiger partial charge in [-0.3, -0.25) is 9.59 Å². The minimum absolute atomic E-state index is 0.00836. The number of hydrogen-bond donors (Lipinski definition) is 2. The Morgan fingerprint density at radius 2 is 1.87 bits per heavy atom. The molecule has 0 fully saturated rings. The molecule has 1 rings (SSSR count). The Morgan fingerprint density at radius 1 is 1.26 bits per heavy atom. The standard InChI is InChI=1S/C16H23NO5S/c1-10(2)7-13(16(19)20)9-17-15(18)12-6-5-11(3)14(8-12)23(4,21)22/h5-6,8,10,13H,7,9H2,1-4H3,(H,17,18)(H,19,20). The number of hydrogen-bond acceptors (Lipinski definition) is 4.